The molecule has 0 unspecified atom stereocenters. The molecule has 0 amide bonds. The van der Waals surface area contributed by atoms with Crippen LogP contribution in [0.1, 0.15) is 174 Å². The molecule has 0 heterocycles. The van der Waals surface area contributed by atoms with E-state index in [2.05, 4.69) is 272 Å². The van der Waals surface area contributed by atoms with E-state index < -0.39 is 0 Å². The van der Waals surface area contributed by atoms with Crippen LogP contribution in [0.5, 0.6) is 0 Å². The van der Waals surface area contributed by atoms with Gasteiger partial charge in [-0.3, -0.25) is 0 Å². The zero-order chi connectivity index (χ0) is 52.5. The normalized spacial score (nSPS) is 14.9. The van der Waals surface area contributed by atoms with E-state index in [1.54, 1.807) is 0 Å². The molecule has 1 fully saturated rings. The molecule has 10 rings (SSSR count). The van der Waals surface area contributed by atoms with Gasteiger partial charge in [-0.2, -0.15) is 0 Å². The molecular weight excluding hydrogens is 891 g/mol. The Balaban J connectivity index is 1.08. The quantitative estimate of drug-likeness (QED) is 0.147. The second-order valence-electron chi connectivity index (χ2n) is 26.7. The van der Waals surface area contributed by atoms with Gasteiger partial charge in [0.15, 0.2) is 0 Å². The first-order valence-electron chi connectivity index (χ1n) is 27.8. The largest absolute Gasteiger partial charge is 0.310 e. The summed E-state index contributed by atoms with van der Waals surface area (Å²) in [5.74, 6) is 0.691. The number of hydrogen-bond donors (Lipinski definition) is 0. The molecule has 0 radical (unpaired) electrons. The van der Waals surface area contributed by atoms with Gasteiger partial charge >= 0.3 is 0 Å². The summed E-state index contributed by atoms with van der Waals surface area (Å²) in [6.45, 7) is 32.8. The monoisotopic (exact) mass is 972 g/mol. The fourth-order valence-electron chi connectivity index (χ4n) is 11.7. The number of benzene rings is 8. The van der Waals surface area contributed by atoms with Crippen molar-refractivity contribution in [1.29, 1.82) is 0 Å². The fraction of sp³-hybridized carbons (Fsp3) is 0.342. The van der Waals surface area contributed by atoms with Gasteiger partial charge < -0.3 is 4.90 Å². The highest BCUT2D eigenvalue weighted by Gasteiger charge is 2.36. The third-order valence-corrected chi connectivity index (χ3v) is 16.6. The maximum absolute atomic E-state index is 2.47. The van der Waals surface area contributed by atoms with Crippen molar-refractivity contribution in [3.05, 3.63) is 209 Å². The molecular formula is C73H81N. The van der Waals surface area contributed by atoms with Crippen molar-refractivity contribution < 1.29 is 0 Å². The number of nitrogens with zero attached hydrogens (tertiary/aromatic N) is 1. The molecule has 0 saturated heterocycles. The van der Waals surface area contributed by atoms with E-state index in [0.717, 1.165) is 17.1 Å². The van der Waals surface area contributed by atoms with E-state index in [1.165, 1.54) is 127 Å². The molecule has 1 nitrogen and oxygen atoms in total. The number of hydrogen-bond acceptors (Lipinski definition) is 1. The SMILES string of the molecule is CC(C)(C)c1cc(-c2ccc(N(c3cccc(-c4ccc(C5CCCCC5)cc4)c3)c3ccc4c(c3)C(C)(C)c3ccccc3-4)cc2)cc(-c2cc(-c3cc(C(C)(C)C)cc(C(C)(C)C)c3)cc(C(C)(C)C)c2)c1. The molecule has 2 aliphatic carbocycles. The molecule has 0 bridgehead atoms. The summed E-state index contributed by atoms with van der Waals surface area (Å²) in [5, 5.41) is 0. The Morgan fingerprint density at radius 1 is 0.338 bits per heavy atom. The lowest BCUT2D eigenvalue weighted by atomic mass is 9.77. The maximum Gasteiger partial charge on any atom is 0.0467 e. The Labute approximate surface area is 446 Å². The van der Waals surface area contributed by atoms with Crippen LogP contribution >= 0.6 is 0 Å². The van der Waals surface area contributed by atoms with Gasteiger partial charge in [0.05, 0.1) is 0 Å². The zero-order valence-corrected chi connectivity index (χ0v) is 47.2. The van der Waals surface area contributed by atoms with Gasteiger partial charge in [0.25, 0.3) is 0 Å². The van der Waals surface area contributed by atoms with Crippen LogP contribution in [0, 0.1) is 0 Å². The number of rotatable bonds is 8. The second-order valence-corrected chi connectivity index (χ2v) is 26.7. The van der Waals surface area contributed by atoms with Crippen LogP contribution in [0.2, 0.25) is 0 Å². The summed E-state index contributed by atoms with van der Waals surface area (Å²) in [6, 6.07) is 66.1. The Kier molecular flexibility index (Phi) is 13.1. The van der Waals surface area contributed by atoms with Crippen LogP contribution in [0.15, 0.2) is 170 Å². The van der Waals surface area contributed by atoms with Crippen LogP contribution in [0.25, 0.3) is 55.6 Å². The third kappa shape index (κ3) is 10.2. The second kappa shape index (κ2) is 19.0. The lowest BCUT2D eigenvalue weighted by molar-refractivity contribution is 0.443. The van der Waals surface area contributed by atoms with Gasteiger partial charge in [-0.15, -0.1) is 0 Å². The first-order valence-corrected chi connectivity index (χ1v) is 27.8. The predicted octanol–water partition coefficient (Wildman–Crippen LogP) is 21.4. The van der Waals surface area contributed by atoms with E-state index >= 15 is 0 Å². The van der Waals surface area contributed by atoms with Crippen molar-refractivity contribution in [1.82, 2.24) is 0 Å². The van der Waals surface area contributed by atoms with E-state index in [9.17, 15) is 0 Å². The highest BCUT2D eigenvalue weighted by Crippen LogP contribution is 2.51. The number of anilines is 3. The molecule has 0 atom stereocenters. The molecule has 2 aliphatic rings. The van der Waals surface area contributed by atoms with Crippen LogP contribution in [0.4, 0.5) is 17.1 Å². The predicted molar refractivity (Wildman–Crippen MR) is 321 cm³/mol. The average molecular weight is 972 g/mol. The summed E-state index contributed by atoms with van der Waals surface area (Å²) in [6.07, 6.45) is 6.70. The van der Waals surface area contributed by atoms with Crippen molar-refractivity contribution in [3.8, 4) is 55.6 Å². The Hall–Kier alpha value is -6.44. The van der Waals surface area contributed by atoms with Gasteiger partial charge in [-0.1, -0.05) is 238 Å². The topological polar surface area (TPSA) is 3.24 Å². The third-order valence-electron chi connectivity index (χ3n) is 16.6. The van der Waals surface area contributed by atoms with Crippen molar-refractivity contribution in [2.75, 3.05) is 4.90 Å². The Morgan fingerprint density at radius 3 is 1.31 bits per heavy atom. The Bertz CT molecular complexity index is 3310. The molecule has 8 aromatic rings. The average Bonchev–Trinajstić information content (AvgIpc) is 3.61. The first kappa shape index (κ1) is 51.1. The van der Waals surface area contributed by atoms with Crippen molar-refractivity contribution in [3.63, 3.8) is 0 Å². The molecule has 0 aliphatic heterocycles. The van der Waals surface area contributed by atoms with Crippen LogP contribution in [0.3, 0.4) is 0 Å². The van der Waals surface area contributed by atoms with E-state index in [-0.39, 0.29) is 27.1 Å². The lowest BCUT2D eigenvalue weighted by Crippen LogP contribution is -2.16. The van der Waals surface area contributed by atoms with Crippen molar-refractivity contribution in [2.24, 2.45) is 0 Å². The molecule has 0 spiro atoms. The summed E-state index contributed by atoms with van der Waals surface area (Å²) < 4.78 is 0. The molecule has 0 aromatic heterocycles. The summed E-state index contributed by atoms with van der Waals surface area (Å²) in [4.78, 5) is 2.47. The lowest BCUT2D eigenvalue weighted by Gasteiger charge is -2.29. The zero-order valence-electron chi connectivity index (χ0n) is 47.2. The molecule has 1 heteroatoms. The minimum Gasteiger partial charge on any atom is -0.310 e. The Morgan fingerprint density at radius 2 is 0.770 bits per heavy atom. The van der Waals surface area contributed by atoms with Crippen LogP contribution in [-0.2, 0) is 27.1 Å². The van der Waals surface area contributed by atoms with Crippen molar-refractivity contribution in [2.45, 2.75) is 162 Å². The van der Waals surface area contributed by atoms with Crippen LogP contribution in [-0.4, -0.2) is 0 Å². The summed E-state index contributed by atoms with van der Waals surface area (Å²) in [7, 11) is 0. The van der Waals surface area contributed by atoms with Gasteiger partial charge in [0, 0.05) is 22.5 Å². The van der Waals surface area contributed by atoms with Gasteiger partial charge in [-0.25, -0.2) is 0 Å². The molecule has 74 heavy (non-hydrogen) atoms. The molecule has 0 N–H and O–H groups in total. The van der Waals surface area contributed by atoms with Crippen LogP contribution < -0.4 is 4.90 Å². The maximum atomic E-state index is 2.47. The molecule has 378 valence electrons. The minimum absolute atomic E-state index is 0.0261. The number of fused-ring (bicyclic) bond motifs is 3. The smallest absolute Gasteiger partial charge is 0.0467 e. The minimum atomic E-state index is -0.117. The standard InChI is InChI=1S/C73H81N/c1-69(2,3)58-39-53(37-54(40-58)55-38-56(42-59(41-55)70(4,5)6)57-43-60(71(7,8)9)46-61(44-57)72(10,11)12)51-31-33-62(34-32-51)74(64-35-36-66-65-25-18-19-26-67(65)73(13,14)68(66)47-64)63-24-20-23-52(45-63)50-29-27-49(28-30-50)48-21-16-15-17-22-48/h18-20,23-48H,15-17,21-22H2,1-14H3. The van der Waals surface area contributed by atoms with Gasteiger partial charge in [0.2, 0.25) is 0 Å². The summed E-state index contributed by atoms with van der Waals surface area (Å²) >= 11 is 0. The van der Waals surface area contributed by atoms with E-state index in [0.29, 0.717) is 5.92 Å². The van der Waals surface area contributed by atoms with Gasteiger partial charge in [0.1, 0.15) is 0 Å². The highest BCUT2D eigenvalue weighted by atomic mass is 15.1. The van der Waals surface area contributed by atoms with E-state index in [1.807, 2.05) is 0 Å². The molecule has 8 aromatic carbocycles. The summed E-state index contributed by atoms with van der Waals surface area (Å²) in [5.41, 5.74) is 25.6. The van der Waals surface area contributed by atoms with Gasteiger partial charge in [-0.05, 0) is 184 Å². The van der Waals surface area contributed by atoms with Crippen molar-refractivity contribution >= 4 is 17.1 Å². The molecule has 1 saturated carbocycles. The van der Waals surface area contributed by atoms with E-state index in [4.69, 9.17) is 0 Å². The fourth-order valence-corrected chi connectivity index (χ4v) is 11.7. The first-order chi connectivity index (χ1) is 34.9. The highest BCUT2D eigenvalue weighted by molar-refractivity contribution is 5.87.